The Hall–Kier alpha value is -3.63. The van der Waals surface area contributed by atoms with Crippen molar-refractivity contribution in [3.8, 4) is 17.8 Å². The number of methoxy groups -OCH3 is 1. The second-order valence-electron chi connectivity index (χ2n) is 4.76. The number of nitrogens with one attached hydrogen (secondary N) is 1. The second-order valence-corrected chi connectivity index (χ2v) is 5.38. The number of urea groups is 1. The molecule has 11 nitrogen and oxygen atoms in total. The Morgan fingerprint density at radius 2 is 1.74 bits per heavy atom. The molecule has 1 heterocycles. The average Bonchev–Trinajstić information content (AvgIpc) is 2.65. The summed E-state index contributed by atoms with van der Waals surface area (Å²) < 4.78 is 94.7. The van der Waals surface area contributed by atoms with E-state index in [9.17, 15) is 35.2 Å². The highest BCUT2D eigenvalue weighted by Crippen LogP contribution is 2.18. The first kappa shape index (κ1) is 25.4. The lowest BCUT2D eigenvalue weighted by molar-refractivity contribution is -0.154. The number of nitrogens with zero attached hydrogens (tertiary/aromatic N) is 4. The van der Waals surface area contributed by atoms with Crippen molar-refractivity contribution in [1.29, 1.82) is 0 Å². The van der Waals surface area contributed by atoms with E-state index in [1.807, 2.05) is 0 Å². The zero-order valence-corrected chi connectivity index (χ0v) is 16.0. The maximum Gasteiger partial charge on any atom is 0.422 e. The van der Waals surface area contributed by atoms with Crippen LogP contribution in [0.5, 0.6) is 17.8 Å². The number of benzene rings is 1. The summed E-state index contributed by atoms with van der Waals surface area (Å²) in [6.07, 6.45) is -4.63. The van der Waals surface area contributed by atoms with Crippen molar-refractivity contribution in [2.45, 2.75) is 12.8 Å². The molecule has 2 aromatic rings. The van der Waals surface area contributed by atoms with Crippen LogP contribution in [-0.4, -0.2) is 55.9 Å². The van der Waals surface area contributed by atoms with E-state index < -0.39 is 53.9 Å². The summed E-state index contributed by atoms with van der Waals surface area (Å²) in [5.41, 5.74) is 0. The number of carbonyl (C=O) groups is 1. The van der Waals surface area contributed by atoms with Gasteiger partial charge in [0.25, 0.3) is 0 Å². The van der Waals surface area contributed by atoms with Crippen LogP contribution in [0, 0.1) is 0 Å². The van der Waals surface area contributed by atoms with Crippen LogP contribution in [-0.2, 0) is 10.5 Å². The van der Waals surface area contributed by atoms with Crippen molar-refractivity contribution in [2.75, 3.05) is 19.0 Å². The number of aromatic nitrogens is 3. The van der Waals surface area contributed by atoms with Gasteiger partial charge in [-0.15, -0.1) is 4.98 Å². The minimum atomic E-state index is -4.63. The van der Waals surface area contributed by atoms with Gasteiger partial charge in [-0.1, -0.05) is 22.6 Å². The molecule has 31 heavy (non-hydrogen) atoms. The number of ether oxygens (including phenoxy) is 3. The molecule has 0 radical (unpaired) electrons. The molecule has 0 aliphatic carbocycles. The number of anilines is 1. The molecule has 0 aliphatic rings. The number of hydrogen-bond donors (Lipinski definition) is 1. The smallest absolute Gasteiger partial charge is 0.422 e. The van der Waals surface area contributed by atoms with Crippen molar-refractivity contribution in [2.24, 2.45) is 4.36 Å². The summed E-state index contributed by atoms with van der Waals surface area (Å²) in [6.45, 7) is -4.41. The summed E-state index contributed by atoms with van der Waals surface area (Å²) in [6, 6.07) is 5.36. The highest BCUT2D eigenvalue weighted by molar-refractivity contribution is 7.62. The zero-order chi connectivity index (χ0) is 23.4. The van der Waals surface area contributed by atoms with Crippen LogP contribution in [0.1, 0.15) is 0 Å². The summed E-state index contributed by atoms with van der Waals surface area (Å²) in [5, 5.41) is 1.78. The number of hydrogen-bond acceptors (Lipinski definition) is 9. The van der Waals surface area contributed by atoms with Crippen LogP contribution in [0.3, 0.4) is 0 Å². The van der Waals surface area contributed by atoms with Gasteiger partial charge < -0.3 is 14.2 Å². The molecule has 2 amide bonds. The molecular formula is C14H12F5N5O6S. The van der Waals surface area contributed by atoms with Crippen LogP contribution in [0.15, 0.2) is 34.7 Å². The molecule has 0 bridgehead atoms. The number of carbonyl (C=O) groups excluding carboxylic acids is 1. The van der Waals surface area contributed by atoms with Gasteiger partial charge in [0.1, 0.15) is 5.75 Å². The third kappa shape index (κ3) is 11.8. The maximum absolute atomic E-state index is 12.0. The first-order chi connectivity index (χ1) is 14.5. The number of alkyl halides is 5. The summed E-state index contributed by atoms with van der Waals surface area (Å²) in [7, 11) is -1.91. The average molecular weight is 473 g/mol. The molecular weight excluding hydrogens is 461 g/mol. The first-order valence-corrected chi connectivity index (χ1v) is 8.63. The molecule has 0 atom stereocenters. The highest BCUT2D eigenvalue weighted by atomic mass is 32.2. The monoisotopic (exact) mass is 473 g/mol. The Morgan fingerprint density at radius 1 is 1.13 bits per heavy atom. The van der Waals surface area contributed by atoms with Crippen LogP contribution < -0.4 is 19.5 Å². The van der Waals surface area contributed by atoms with Crippen LogP contribution in [0.25, 0.3) is 0 Å². The second kappa shape index (κ2) is 12.2. The van der Waals surface area contributed by atoms with E-state index in [0.29, 0.717) is 0 Å². The molecule has 0 aliphatic heterocycles. The molecule has 0 fully saturated rings. The van der Waals surface area contributed by atoms with Crippen molar-refractivity contribution in [3.63, 3.8) is 0 Å². The normalized spacial score (nSPS) is 10.4. The quantitative estimate of drug-likeness (QED) is 0.627. The highest BCUT2D eigenvalue weighted by Gasteiger charge is 2.29. The lowest BCUT2D eigenvalue weighted by Gasteiger charge is -2.09. The van der Waals surface area contributed by atoms with E-state index in [1.165, 1.54) is 12.1 Å². The zero-order valence-electron chi connectivity index (χ0n) is 15.2. The summed E-state index contributed by atoms with van der Waals surface area (Å²) in [5.74, 6) is -0.407. The molecule has 0 saturated heterocycles. The van der Waals surface area contributed by atoms with Gasteiger partial charge in [0.15, 0.2) is 6.61 Å². The Bertz CT molecular complexity index is 983. The summed E-state index contributed by atoms with van der Waals surface area (Å²) >= 11 is 0. The fourth-order valence-corrected chi connectivity index (χ4v) is 1.67. The molecule has 0 unspecified atom stereocenters. The van der Waals surface area contributed by atoms with E-state index >= 15 is 0 Å². The lowest BCUT2D eigenvalue weighted by Crippen LogP contribution is -2.21. The molecule has 1 aromatic heterocycles. The minimum absolute atomic E-state index is 0.192. The van der Waals surface area contributed by atoms with E-state index in [1.54, 1.807) is 23.5 Å². The van der Waals surface area contributed by atoms with Crippen molar-refractivity contribution in [1.82, 2.24) is 15.0 Å². The minimum Gasteiger partial charge on any atom is -0.467 e. The fraction of sp³-hybridized carbons (Fsp3) is 0.286. The fourth-order valence-electron chi connectivity index (χ4n) is 1.48. The van der Waals surface area contributed by atoms with E-state index in [-0.39, 0.29) is 5.75 Å². The van der Waals surface area contributed by atoms with Gasteiger partial charge in [0.05, 0.1) is 7.11 Å². The number of amides is 2. The van der Waals surface area contributed by atoms with Gasteiger partial charge in [-0.3, -0.25) is 5.32 Å². The predicted molar refractivity (Wildman–Crippen MR) is 91.4 cm³/mol. The number of rotatable bonds is 6. The largest absolute Gasteiger partial charge is 0.467 e. The van der Waals surface area contributed by atoms with Crippen molar-refractivity contribution in [3.05, 3.63) is 30.3 Å². The van der Waals surface area contributed by atoms with Gasteiger partial charge in [-0.2, -0.15) is 40.3 Å². The van der Waals surface area contributed by atoms with E-state index in [2.05, 4.69) is 33.5 Å². The summed E-state index contributed by atoms with van der Waals surface area (Å²) in [4.78, 5) is 21.1. The standard InChI is InChI=1S/C7H6F3N5O5S.C7H6F2O/c1-19-5-12-3(11-4(16)15-21(17)18)13-6(14-5)20-2-7(8,9)10;8-7(9)10-6-4-2-1-3-5-6/h2H2,1H3,(H,11,12,13,14,16);1-5,7H. The van der Waals surface area contributed by atoms with E-state index in [0.717, 1.165) is 7.11 Å². The SMILES string of the molecule is COc1nc(NC(=O)N=S(=O)=O)nc(OCC(F)(F)F)n1.FC(F)Oc1ccccc1. The van der Waals surface area contributed by atoms with Gasteiger partial charge in [0, 0.05) is 0 Å². The molecule has 2 rings (SSSR count). The first-order valence-electron chi connectivity index (χ1n) is 7.60. The van der Waals surface area contributed by atoms with Crippen molar-refractivity contribution < 1.29 is 49.4 Å². The molecule has 0 saturated carbocycles. The maximum atomic E-state index is 12.0. The third-order valence-corrected chi connectivity index (χ3v) is 2.80. The topological polar surface area (TPSA) is 142 Å². The van der Waals surface area contributed by atoms with Gasteiger partial charge in [0.2, 0.25) is 5.95 Å². The van der Waals surface area contributed by atoms with Gasteiger partial charge in [-0.25, -0.2) is 4.79 Å². The van der Waals surface area contributed by atoms with Crippen LogP contribution in [0.2, 0.25) is 0 Å². The Balaban J connectivity index is 0.000000399. The molecule has 170 valence electrons. The Kier molecular flexibility index (Phi) is 9.96. The van der Waals surface area contributed by atoms with Crippen LogP contribution >= 0.6 is 0 Å². The predicted octanol–water partition coefficient (Wildman–Crippen LogP) is 2.70. The van der Waals surface area contributed by atoms with Crippen LogP contribution in [0.4, 0.5) is 32.7 Å². The number of para-hydroxylation sites is 1. The molecule has 17 heteroatoms. The van der Waals surface area contributed by atoms with Crippen molar-refractivity contribution >= 4 is 22.5 Å². The van der Waals surface area contributed by atoms with E-state index in [4.69, 9.17) is 0 Å². The number of halogens is 5. The molecule has 1 aromatic carbocycles. The lowest BCUT2D eigenvalue weighted by atomic mass is 10.3. The Morgan fingerprint density at radius 3 is 2.26 bits per heavy atom. The van der Waals surface area contributed by atoms with Gasteiger partial charge >= 0.3 is 41.3 Å². The third-order valence-electron chi connectivity index (χ3n) is 2.49. The Labute approximate surface area is 171 Å². The molecule has 0 spiro atoms. The molecule has 1 N–H and O–H groups in total. The van der Waals surface area contributed by atoms with Gasteiger partial charge in [-0.05, 0) is 12.1 Å².